The number of hydrogen-bond donors (Lipinski definition) is 0. The Bertz CT molecular complexity index is 647. The number of carbonyl (C=O) groups excluding carboxylic acids is 2. The Balaban J connectivity index is 2.32. The van der Waals surface area contributed by atoms with Crippen LogP contribution in [0.3, 0.4) is 0 Å². The van der Waals surface area contributed by atoms with Gasteiger partial charge in [0, 0.05) is 18.4 Å². The Kier molecular flexibility index (Phi) is 6.59. The number of fused-ring (bicyclic) bond motifs is 1. The molecule has 0 N–H and O–H groups in total. The summed E-state index contributed by atoms with van der Waals surface area (Å²) in [5.74, 6) is 0.419. The summed E-state index contributed by atoms with van der Waals surface area (Å²) in [7, 11) is 1.41. The summed E-state index contributed by atoms with van der Waals surface area (Å²) in [5, 5.41) is 0. The zero-order valence-electron chi connectivity index (χ0n) is 18.1. The van der Waals surface area contributed by atoms with Crippen LogP contribution < -0.4 is 0 Å². The van der Waals surface area contributed by atoms with E-state index in [-0.39, 0.29) is 28.9 Å². The van der Waals surface area contributed by atoms with Crippen LogP contribution in [0.25, 0.3) is 0 Å². The Hall–Kier alpha value is -1.58. The molecule has 0 aromatic carbocycles. The SMILES string of the molecule is COC(=O)C=C(C)CCC1(C)C(C)CC(OC(C)=O)C2(C)C(C)=CCCC12. The van der Waals surface area contributed by atoms with Crippen LogP contribution in [0, 0.1) is 22.7 Å². The van der Waals surface area contributed by atoms with E-state index in [9.17, 15) is 9.59 Å². The van der Waals surface area contributed by atoms with Crippen LogP contribution in [0.5, 0.6) is 0 Å². The first kappa shape index (κ1) is 21.7. The summed E-state index contributed by atoms with van der Waals surface area (Å²) in [5.41, 5.74) is 2.42. The van der Waals surface area contributed by atoms with Crippen LogP contribution in [0.2, 0.25) is 0 Å². The molecule has 5 unspecified atom stereocenters. The Morgan fingerprint density at radius 2 is 1.96 bits per heavy atom. The van der Waals surface area contributed by atoms with Gasteiger partial charge in [0.15, 0.2) is 0 Å². The second-order valence-corrected chi connectivity index (χ2v) is 9.05. The van der Waals surface area contributed by atoms with Gasteiger partial charge in [0.1, 0.15) is 6.10 Å². The molecule has 0 bridgehead atoms. The zero-order chi connectivity index (χ0) is 20.4. The Morgan fingerprint density at radius 1 is 1.30 bits per heavy atom. The van der Waals surface area contributed by atoms with E-state index in [2.05, 4.69) is 33.8 Å². The Morgan fingerprint density at radius 3 is 2.56 bits per heavy atom. The highest BCUT2D eigenvalue weighted by Gasteiger charge is 2.58. The molecule has 0 radical (unpaired) electrons. The van der Waals surface area contributed by atoms with Gasteiger partial charge < -0.3 is 9.47 Å². The van der Waals surface area contributed by atoms with Crippen LogP contribution >= 0.6 is 0 Å². The van der Waals surface area contributed by atoms with Crippen LogP contribution in [0.1, 0.15) is 73.6 Å². The highest BCUT2D eigenvalue weighted by molar-refractivity contribution is 5.82. The second kappa shape index (κ2) is 8.20. The van der Waals surface area contributed by atoms with Gasteiger partial charge in [-0.3, -0.25) is 4.79 Å². The van der Waals surface area contributed by atoms with E-state index in [0.717, 1.165) is 37.7 Å². The number of rotatable bonds is 5. The monoisotopic (exact) mass is 376 g/mol. The van der Waals surface area contributed by atoms with Crippen LogP contribution in [0.4, 0.5) is 0 Å². The van der Waals surface area contributed by atoms with Crippen LogP contribution in [-0.4, -0.2) is 25.2 Å². The van der Waals surface area contributed by atoms with Gasteiger partial charge >= 0.3 is 11.9 Å². The number of esters is 2. The molecule has 2 rings (SSSR count). The summed E-state index contributed by atoms with van der Waals surface area (Å²) in [6, 6.07) is 0. The van der Waals surface area contributed by atoms with Gasteiger partial charge in [-0.15, -0.1) is 0 Å². The largest absolute Gasteiger partial charge is 0.466 e. The standard InChI is InChI=1S/C23H36O4/c1-15(13-21(25)26-7)11-12-22(5)17(3)14-20(27-18(4)24)23(6)16(2)9-8-10-19(22)23/h9,13,17,19-20H,8,10-12,14H2,1-7H3. The minimum atomic E-state index is -0.287. The average Bonchev–Trinajstić information content (AvgIpc) is 2.59. The van der Waals surface area contributed by atoms with E-state index >= 15 is 0 Å². The molecule has 152 valence electrons. The van der Waals surface area contributed by atoms with Crippen molar-refractivity contribution in [3.8, 4) is 0 Å². The summed E-state index contributed by atoms with van der Waals surface area (Å²) in [4.78, 5) is 23.3. The van der Waals surface area contributed by atoms with Gasteiger partial charge in [0.2, 0.25) is 0 Å². The number of methoxy groups -OCH3 is 1. The fourth-order valence-electron chi connectivity index (χ4n) is 5.52. The van der Waals surface area contributed by atoms with Crippen molar-refractivity contribution in [2.45, 2.75) is 79.8 Å². The number of hydrogen-bond acceptors (Lipinski definition) is 4. The quantitative estimate of drug-likeness (QED) is 0.375. The molecule has 0 spiro atoms. The lowest BCUT2D eigenvalue weighted by Gasteiger charge is -2.60. The maximum atomic E-state index is 11.8. The second-order valence-electron chi connectivity index (χ2n) is 9.05. The summed E-state index contributed by atoms with van der Waals surface area (Å²) < 4.78 is 10.6. The van der Waals surface area contributed by atoms with Gasteiger partial charge in [-0.1, -0.05) is 38.0 Å². The highest BCUT2D eigenvalue weighted by Crippen LogP contribution is 2.62. The number of carbonyl (C=O) groups is 2. The van der Waals surface area contributed by atoms with E-state index in [0.29, 0.717) is 11.8 Å². The molecule has 4 heteroatoms. The molecule has 1 fully saturated rings. The van der Waals surface area contributed by atoms with Gasteiger partial charge in [-0.05, 0) is 63.2 Å². The fourth-order valence-corrected chi connectivity index (χ4v) is 5.52. The third-order valence-corrected chi connectivity index (χ3v) is 7.57. The average molecular weight is 377 g/mol. The van der Waals surface area contributed by atoms with Crippen molar-refractivity contribution in [3.63, 3.8) is 0 Å². The van der Waals surface area contributed by atoms with E-state index in [4.69, 9.17) is 9.47 Å². The number of ether oxygens (including phenoxy) is 2. The molecule has 27 heavy (non-hydrogen) atoms. The summed E-state index contributed by atoms with van der Waals surface area (Å²) in [6.07, 6.45) is 8.84. The normalized spacial score (nSPS) is 36.5. The van der Waals surface area contributed by atoms with Crippen molar-refractivity contribution in [1.29, 1.82) is 0 Å². The molecule has 2 aliphatic carbocycles. The number of allylic oxidation sites excluding steroid dienone is 2. The molecule has 0 saturated heterocycles. The summed E-state index contributed by atoms with van der Waals surface area (Å²) in [6.45, 7) is 12.7. The third-order valence-electron chi connectivity index (χ3n) is 7.57. The lowest BCUT2D eigenvalue weighted by Crippen LogP contribution is -2.57. The first-order chi connectivity index (χ1) is 12.6. The topological polar surface area (TPSA) is 52.6 Å². The fraction of sp³-hybridized carbons (Fsp3) is 0.739. The van der Waals surface area contributed by atoms with Gasteiger partial charge in [0.05, 0.1) is 7.11 Å². The maximum Gasteiger partial charge on any atom is 0.330 e. The van der Waals surface area contributed by atoms with Gasteiger partial charge in [-0.2, -0.15) is 0 Å². The van der Waals surface area contributed by atoms with Crippen molar-refractivity contribution < 1.29 is 19.1 Å². The molecule has 2 aliphatic rings. The first-order valence-corrected chi connectivity index (χ1v) is 10.1. The molecule has 0 aromatic heterocycles. The van der Waals surface area contributed by atoms with Crippen molar-refractivity contribution in [2.75, 3.05) is 7.11 Å². The zero-order valence-corrected chi connectivity index (χ0v) is 18.1. The van der Waals surface area contributed by atoms with E-state index < -0.39 is 0 Å². The third kappa shape index (κ3) is 4.14. The maximum absolute atomic E-state index is 11.8. The van der Waals surface area contributed by atoms with Crippen LogP contribution in [-0.2, 0) is 19.1 Å². The molecule has 5 atom stereocenters. The molecule has 1 saturated carbocycles. The molecular formula is C23H36O4. The first-order valence-electron chi connectivity index (χ1n) is 10.1. The Labute approximate surface area is 164 Å². The minimum Gasteiger partial charge on any atom is -0.466 e. The molecule has 0 aliphatic heterocycles. The van der Waals surface area contributed by atoms with Crippen molar-refractivity contribution in [2.24, 2.45) is 22.7 Å². The molecular weight excluding hydrogens is 340 g/mol. The van der Waals surface area contributed by atoms with Crippen molar-refractivity contribution >= 4 is 11.9 Å². The molecule has 4 nitrogen and oxygen atoms in total. The predicted octanol–water partition coefficient (Wildman–Crippen LogP) is 5.23. The molecule has 0 amide bonds. The van der Waals surface area contributed by atoms with E-state index in [1.165, 1.54) is 19.6 Å². The van der Waals surface area contributed by atoms with Crippen molar-refractivity contribution in [1.82, 2.24) is 0 Å². The van der Waals surface area contributed by atoms with Gasteiger partial charge in [0.25, 0.3) is 0 Å². The lowest BCUT2D eigenvalue weighted by molar-refractivity contribution is -0.174. The summed E-state index contributed by atoms with van der Waals surface area (Å²) >= 11 is 0. The lowest BCUT2D eigenvalue weighted by atomic mass is 9.46. The molecule has 0 aromatic rings. The smallest absolute Gasteiger partial charge is 0.330 e. The predicted molar refractivity (Wildman–Crippen MR) is 107 cm³/mol. The van der Waals surface area contributed by atoms with E-state index in [1.807, 2.05) is 6.92 Å². The van der Waals surface area contributed by atoms with Crippen LogP contribution in [0.15, 0.2) is 23.3 Å². The highest BCUT2D eigenvalue weighted by atomic mass is 16.5. The molecule has 0 heterocycles. The minimum absolute atomic E-state index is 0.0636. The van der Waals surface area contributed by atoms with Gasteiger partial charge in [-0.25, -0.2) is 4.79 Å². The van der Waals surface area contributed by atoms with E-state index in [1.54, 1.807) is 6.08 Å². The van der Waals surface area contributed by atoms with Crippen molar-refractivity contribution in [3.05, 3.63) is 23.3 Å².